The van der Waals surface area contributed by atoms with E-state index in [2.05, 4.69) is 5.32 Å². The smallest absolute Gasteiger partial charge is 0.305 e. The Morgan fingerprint density at radius 3 is 2.76 bits per heavy atom. The second kappa shape index (κ2) is 6.20. The normalized spacial score (nSPS) is 10.0. The third-order valence-electron chi connectivity index (χ3n) is 2.02. The van der Waals surface area contributed by atoms with Crippen LogP contribution in [0, 0.1) is 5.82 Å². The first-order valence-corrected chi connectivity index (χ1v) is 5.29. The van der Waals surface area contributed by atoms with E-state index in [0.717, 1.165) is 0 Å². The molecule has 1 rings (SSSR count). The van der Waals surface area contributed by atoms with Crippen LogP contribution in [0.4, 0.5) is 4.39 Å². The predicted molar refractivity (Wildman–Crippen MR) is 60.4 cm³/mol. The number of carbonyl (C=O) groups is 2. The SMILES string of the molecule is O=C(O)CCNC(=O)Cc1cc(F)ccc1Cl. The van der Waals surface area contributed by atoms with Crippen LogP contribution < -0.4 is 5.32 Å². The van der Waals surface area contributed by atoms with E-state index in [1.165, 1.54) is 18.2 Å². The zero-order valence-corrected chi connectivity index (χ0v) is 9.63. The van der Waals surface area contributed by atoms with Gasteiger partial charge < -0.3 is 10.4 Å². The quantitative estimate of drug-likeness (QED) is 0.844. The summed E-state index contributed by atoms with van der Waals surface area (Å²) in [6.45, 7) is 0.0428. The maximum Gasteiger partial charge on any atom is 0.305 e. The lowest BCUT2D eigenvalue weighted by molar-refractivity contribution is -0.136. The Kier molecular flexibility index (Phi) is 4.90. The molecule has 17 heavy (non-hydrogen) atoms. The third kappa shape index (κ3) is 4.82. The van der Waals surface area contributed by atoms with E-state index >= 15 is 0 Å². The molecule has 0 aromatic heterocycles. The van der Waals surface area contributed by atoms with Crippen molar-refractivity contribution in [3.8, 4) is 0 Å². The van der Waals surface area contributed by atoms with Crippen molar-refractivity contribution in [2.45, 2.75) is 12.8 Å². The van der Waals surface area contributed by atoms with Gasteiger partial charge in [0.25, 0.3) is 0 Å². The highest BCUT2D eigenvalue weighted by Crippen LogP contribution is 2.17. The molecule has 4 nitrogen and oxygen atoms in total. The van der Waals surface area contributed by atoms with Gasteiger partial charge in [-0.25, -0.2) is 4.39 Å². The Balaban J connectivity index is 2.50. The summed E-state index contributed by atoms with van der Waals surface area (Å²) in [5.41, 5.74) is 0.375. The van der Waals surface area contributed by atoms with E-state index in [0.29, 0.717) is 10.6 Å². The molecule has 1 aromatic carbocycles. The van der Waals surface area contributed by atoms with Crippen molar-refractivity contribution in [2.75, 3.05) is 6.54 Å². The molecule has 0 aliphatic rings. The molecular weight excluding hydrogens is 249 g/mol. The highest BCUT2D eigenvalue weighted by atomic mass is 35.5. The minimum absolute atomic E-state index is 0.0428. The minimum atomic E-state index is -0.992. The predicted octanol–water partition coefficient (Wildman–Crippen LogP) is 1.61. The number of carboxylic acid groups (broad SMARTS) is 1. The van der Waals surface area contributed by atoms with Crippen LogP contribution >= 0.6 is 11.6 Å². The highest BCUT2D eigenvalue weighted by molar-refractivity contribution is 6.31. The van der Waals surface area contributed by atoms with Gasteiger partial charge in [0.05, 0.1) is 12.8 Å². The van der Waals surface area contributed by atoms with Crippen molar-refractivity contribution in [1.82, 2.24) is 5.32 Å². The fraction of sp³-hybridized carbons (Fsp3) is 0.273. The minimum Gasteiger partial charge on any atom is -0.481 e. The number of amides is 1. The second-order valence-electron chi connectivity index (χ2n) is 3.41. The average molecular weight is 260 g/mol. The first-order valence-electron chi connectivity index (χ1n) is 4.91. The molecule has 0 atom stereocenters. The average Bonchev–Trinajstić information content (AvgIpc) is 2.23. The van der Waals surface area contributed by atoms with Crippen molar-refractivity contribution in [3.05, 3.63) is 34.6 Å². The zero-order valence-electron chi connectivity index (χ0n) is 8.87. The molecule has 0 aliphatic heterocycles. The summed E-state index contributed by atoms with van der Waals surface area (Å²) in [4.78, 5) is 21.6. The Hall–Kier alpha value is -1.62. The Morgan fingerprint density at radius 2 is 2.12 bits per heavy atom. The van der Waals surface area contributed by atoms with Crippen LogP contribution in [0.3, 0.4) is 0 Å². The number of hydrogen-bond donors (Lipinski definition) is 2. The van der Waals surface area contributed by atoms with Crippen LogP contribution in [-0.4, -0.2) is 23.5 Å². The molecule has 0 heterocycles. The lowest BCUT2D eigenvalue weighted by Crippen LogP contribution is -2.27. The summed E-state index contributed by atoms with van der Waals surface area (Å²) in [5, 5.41) is 11.1. The summed E-state index contributed by atoms with van der Waals surface area (Å²) in [7, 11) is 0. The van der Waals surface area contributed by atoms with E-state index in [-0.39, 0.29) is 19.4 Å². The fourth-order valence-corrected chi connectivity index (χ4v) is 1.41. The van der Waals surface area contributed by atoms with Crippen molar-refractivity contribution < 1.29 is 19.1 Å². The Labute approximate surface area is 102 Å². The van der Waals surface area contributed by atoms with Gasteiger partial charge in [0, 0.05) is 11.6 Å². The Bertz CT molecular complexity index is 437. The maximum absolute atomic E-state index is 12.9. The molecule has 0 saturated heterocycles. The highest BCUT2D eigenvalue weighted by Gasteiger charge is 2.08. The van der Waals surface area contributed by atoms with Gasteiger partial charge >= 0.3 is 5.97 Å². The number of benzene rings is 1. The lowest BCUT2D eigenvalue weighted by atomic mass is 10.1. The van der Waals surface area contributed by atoms with E-state index in [9.17, 15) is 14.0 Å². The summed E-state index contributed by atoms with van der Waals surface area (Å²) in [6.07, 6.45) is -0.223. The fourth-order valence-electron chi connectivity index (χ4n) is 1.22. The number of aliphatic carboxylic acids is 1. The second-order valence-corrected chi connectivity index (χ2v) is 3.81. The van der Waals surface area contributed by atoms with Crippen LogP contribution in [0.15, 0.2) is 18.2 Å². The summed E-state index contributed by atoms with van der Waals surface area (Å²) in [5.74, 6) is -1.85. The molecule has 0 fully saturated rings. The van der Waals surface area contributed by atoms with Crippen LogP contribution in [0.2, 0.25) is 5.02 Å². The van der Waals surface area contributed by atoms with Gasteiger partial charge in [-0.3, -0.25) is 9.59 Å². The molecule has 1 aromatic rings. The number of hydrogen-bond acceptors (Lipinski definition) is 2. The summed E-state index contributed by atoms with van der Waals surface area (Å²) in [6, 6.07) is 3.75. The number of halogens is 2. The van der Waals surface area contributed by atoms with Gasteiger partial charge in [-0.2, -0.15) is 0 Å². The number of carbonyl (C=O) groups excluding carboxylic acids is 1. The third-order valence-corrected chi connectivity index (χ3v) is 2.39. The molecule has 0 radical (unpaired) electrons. The van der Waals surface area contributed by atoms with Crippen molar-refractivity contribution in [1.29, 1.82) is 0 Å². The Morgan fingerprint density at radius 1 is 1.41 bits per heavy atom. The molecule has 6 heteroatoms. The van der Waals surface area contributed by atoms with Gasteiger partial charge in [0.1, 0.15) is 5.82 Å². The van der Waals surface area contributed by atoms with E-state index in [1.807, 2.05) is 0 Å². The molecule has 1 amide bonds. The largest absolute Gasteiger partial charge is 0.481 e. The molecule has 0 bridgehead atoms. The van der Waals surface area contributed by atoms with Gasteiger partial charge in [-0.05, 0) is 23.8 Å². The number of nitrogens with one attached hydrogen (secondary N) is 1. The summed E-state index contributed by atoms with van der Waals surface area (Å²) < 4.78 is 12.9. The maximum atomic E-state index is 12.9. The standard InChI is InChI=1S/C11H11ClFNO3/c12-9-2-1-8(13)5-7(9)6-10(15)14-4-3-11(16)17/h1-2,5H,3-4,6H2,(H,14,15)(H,16,17). The van der Waals surface area contributed by atoms with E-state index in [4.69, 9.17) is 16.7 Å². The summed E-state index contributed by atoms with van der Waals surface area (Å²) >= 11 is 5.78. The van der Waals surface area contributed by atoms with E-state index in [1.54, 1.807) is 0 Å². The lowest BCUT2D eigenvalue weighted by Gasteiger charge is -2.05. The molecule has 0 aliphatic carbocycles. The first kappa shape index (κ1) is 13.4. The van der Waals surface area contributed by atoms with E-state index < -0.39 is 17.7 Å². The molecule has 0 unspecified atom stereocenters. The first-order chi connectivity index (χ1) is 7.99. The molecule has 0 spiro atoms. The van der Waals surface area contributed by atoms with Gasteiger partial charge in [0.2, 0.25) is 5.91 Å². The van der Waals surface area contributed by atoms with Crippen LogP contribution in [0.5, 0.6) is 0 Å². The van der Waals surface area contributed by atoms with Crippen molar-refractivity contribution in [3.63, 3.8) is 0 Å². The van der Waals surface area contributed by atoms with Gasteiger partial charge in [0.15, 0.2) is 0 Å². The van der Waals surface area contributed by atoms with Gasteiger partial charge in [-0.15, -0.1) is 0 Å². The molecular formula is C11H11ClFNO3. The van der Waals surface area contributed by atoms with Crippen molar-refractivity contribution in [2.24, 2.45) is 0 Å². The van der Waals surface area contributed by atoms with Gasteiger partial charge in [-0.1, -0.05) is 11.6 Å². The zero-order chi connectivity index (χ0) is 12.8. The van der Waals surface area contributed by atoms with Crippen LogP contribution in [0.25, 0.3) is 0 Å². The number of rotatable bonds is 5. The van der Waals surface area contributed by atoms with Crippen LogP contribution in [0.1, 0.15) is 12.0 Å². The topological polar surface area (TPSA) is 66.4 Å². The number of carboxylic acids is 1. The molecule has 0 saturated carbocycles. The molecule has 2 N–H and O–H groups in total. The monoisotopic (exact) mass is 259 g/mol. The molecule has 92 valence electrons. The van der Waals surface area contributed by atoms with Crippen LogP contribution in [-0.2, 0) is 16.0 Å². The van der Waals surface area contributed by atoms with Crippen molar-refractivity contribution >= 4 is 23.5 Å².